The van der Waals surface area contributed by atoms with E-state index in [4.69, 9.17) is 4.42 Å². The molecular formula is C18H17NO3S. The van der Waals surface area contributed by atoms with Gasteiger partial charge in [-0.05, 0) is 30.7 Å². The third-order valence-electron chi connectivity index (χ3n) is 3.45. The van der Waals surface area contributed by atoms with E-state index in [9.17, 15) is 8.42 Å². The molecule has 1 aromatic heterocycles. The van der Waals surface area contributed by atoms with E-state index in [1.165, 1.54) is 5.41 Å². The number of benzene rings is 2. The van der Waals surface area contributed by atoms with E-state index in [-0.39, 0.29) is 0 Å². The van der Waals surface area contributed by atoms with E-state index in [2.05, 4.69) is 4.72 Å². The van der Waals surface area contributed by atoms with Crippen molar-refractivity contribution in [2.45, 2.75) is 13.0 Å². The van der Waals surface area contributed by atoms with Crippen molar-refractivity contribution in [3.05, 3.63) is 77.4 Å². The van der Waals surface area contributed by atoms with Crippen molar-refractivity contribution in [3.8, 4) is 0 Å². The normalized spacial score (nSPS) is 13.6. The Bertz CT molecular complexity index is 894. The van der Waals surface area contributed by atoms with Crippen molar-refractivity contribution in [2.24, 2.45) is 0 Å². The average molecular weight is 327 g/mol. The van der Waals surface area contributed by atoms with Gasteiger partial charge in [0.15, 0.2) is 0 Å². The molecule has 4 nitrogen and oxygen atoms in total. The van der Waals surface area contributed by atoms with Crippen LogP contribution in [0.3, 0.4) is 0 Å². The SMILES string of the molecule is C[C@H](NS(=O)(=O)/C=C/c1ccccc1)c1cc2ccccc2o1. The van der Waals surface area contributed by atoms with Gasteiger partial charge in [0, 0.05) is 10.8 Å². The second kappa shape index (κ2) is 6.40. The highest BCUT2D eigenvalue weighted by Gasteiger charge is 2.16. The molecule has 2 aromatic carbocycles. The Morgan fingerprint density at radius 1 is 1.04 bits per heavy atom. The number of hydrogen-bond donors (Lipinski definition) is 1. The van der Waals surface area contributed by atoms with Crippen molar-refractivity contribution in [3.63, 3.8) is 0 Å². The van der Waals surface area contributed by atoms with Gasteiger partial charge in [-0.1, -0.05) is 48.5 Å². The number of hydrogen-bond acceptors (Lipinski definition) is 3. The smallest absolute Gasteiger partial charge is 0.234 e. The first-order chi connectivity index (χ1) is 11.0. The van der Waals surface area contributed by atoms with Crippen LogP contribution in [0.2, 0.25) is 0 Å². The Hall–Kier alpha value is -2.37. The number of sulfonamides is 1. The van der Waals surface area contributed by atoms with E-state index in [0.29, 0.717) is 5.76 Å². The van der Waals surface area contributed by atoms with Crippen molar-refractivity contribution >= 4 is 27.1 Å². The van der Waals surface area contributed by atoms with E-state index >= 15 is 0 Å². The van der Waals surface area contributed by atoms with Gasteiger partial charge in [0.25, 0.3) is 0 Å². The van der Waals surface area contributed by atoms with Crippen LogP contribution < -0.4 is 4.72 Å². The van der Waals surface area contributed by atoms with Crippen LogP contribution in [-0.2, 0) is 10.0 Å². The van der Waals surface area contributed by atoms with Crippen LogP contribution in [0.1, 0.15) is 24.3 Å². The van der Waals surface area contributed by atoms with Gasteiger partial charge in [-0.2, -0.15) is 0 Å². The highest BCUT2D eigenvalue weighted by Crippen LogP contribution is 2.24. The van der Waals surface area contributed by atoms with Crippen LogP contribution in [0, 0.1) is 0 Å². The first kappa shape index (κ1) is 15.5. The quantitative estimate of drug-likeness (QED) is 0.768. The second-order valence-electron chi connectivity index (χ2n) is 5.28. The molecule has 0 amide bonds. The fourth-order valence-electron chi connectivity index (χ4n) is 2.29. The number of para-hydroxylation sites is 1. The summed E-state index contributed by atoms with van der Waals surface area (Å²) >= 11 is 0. The molecule has 5 heteroatoms. The lowest BCUT2D eigenvalue weighted by molar-refractivity contribution is 0.487. The van der Waals surface area contributed by atoms with E-state index < -0.39 is 16.1 Å². The Morgan fingerprint density at radius 3 is 2.48 bits per heavy atom. The third-order valence-corrected chi connectivity index (χ3v) is 4.63. The van der Waals surface area contributed by atoms with Gasteiger partial charge in [0.1, 0.15) is 11.3 Å². The summed E-state index contributed by atoms with van der Waals surface area (Å²) in [6.07, 6.45) is 1.56. The minimum atomic E-state index is -3.56. The van der Waals surface area contributed by atoms with Crippen molar-refractivity contribution < 1.29 is 12.8 Å². The fourth-order valence-corrected chi connectivity index (χ4v) is 3.32. The Kier molecular flexibility index (Phi) is 4.32. The first-order valence-corrected chi connectivity index (χ1v) is 8.82. The molecule has 0 bridgehead atoms. The van der Waals surface area contributed by atoms with Gasteiger partial charge in [-0.3, -0.25) is 0 Å². The molecule has 1 N–H and O–H groups in total. The highest BCUT2D eigenvalue weighted by atomic mass is 32.2. The summed E-state index contributed by atoms with van der Waals surface area (Å²) in [6.45, 7) is 1.76. The lowest BCUT2D eigenvalue weighted by Gasteiger charge is -2.09. The molecule has 0 unspecified atom stereocenters. The van der Waals surface area contributed by atoms with E-state index in [1.807, 2.05) is 60.7 Å². The fraction of sp³-hybridized carbons (Fsp3) is 0.111. The maximum atomic E-state index is 12.2. The lowest BCUT2D eigenvalue weighted by Crippen LogP contribution is -2.24. The molecule has 1 heterocycles. The van der Waals surface area contributed by atoms with Gasteiger partial charge < -0.3 is 4.42 Å². The Morgan fingerprint density at radius 2 is 1.74 bits per heavy atom. The van der Waals surface area contributed by atoms with Gasteiger partial charge in [-0.25, -0.2) is 13.1 Å². The molecule has 0 spiro atoms. The molecule has 0 radical (unpaired) electrons. The first-order valence-electron chi connectivity index (χ1n) is 7.27. The molecule has 0 saturated carbocycles. The molecule has 0 aliphatic rings. The molecule has 0 aliphatic carbocycles. The Balaban J connectivity index is 1.75. The van der Waals surface area contributed by atoms with Gasteiger partial charge >= 0.3 is 0 Å². The third kappa shape index (κ3) is 3.88. The largest absolute Gasteiger partial charge is 0.459 e. The number of furan rings is 1. The van der Waals surface area contributed by atoms with Crippen LogP contribution >= 0.6 is 0 Å². The number of fused-ring (bicyclic) bond motifs is 1. The predicted molar refractivity (Wildman–Crippen MR) is 92.2 cm³/mol. The minimum Gasteiger partial charge on any atom is -0.459 e. The van der Waals surface area contributed by atoms with Crippen LogP contribution in [0.15, 0.2) is 70.5 Å². The molecule has 1 atom stereocenters. The molecule has 23 heavy (non-hydrogen) atoms. The van der Waals surface area contributed by atoms with Gasteiger partial charge in [-0.15, -0.1) is 0 Å². The molecule has 0 aliphatic heterocycles. The second-order valence-corrected chi connectivity index (χ2v) is 6.88. The van der Waals surface area contributed by atoms with Crippen molar-refractivity contribution in [2.75, 3.05) is 0 Å². The molecule has 118 valence electrons. The standard InChI is InChI=1S/C18H17NO3S/c1-14(18-13-16-9-5-6-10-17(16)22-18)19-23(20,21)12-11-15-7-3-2-4-8-15/h2-14,19H,1H3/b12-11+/t14-/m0/s1. The number of nitrogens with one attached hydrogen (secondary N) is 1. The summed E-state index contributed by atoms with van der Waals surface area (Å²) in [6, 6.07) is 18.3. The topological polar surface area (TPSA) is 59.3 Å². The monoisotopic (exact) mass is 327 g/mol. The highest BCUT2D eigenvalue weighted by molar-refractivity contribution is 7.92. The van der Waals surface area contributed by atoms with Gasteiger partial charge in [0.05, 0.1) is 6.04 Å². The van der Waals surface area contributed by atoms with Crippen molar-refractivity contribution in [1.82, 2.24) is 4.72 Å². The summed E-state index contributed by atoms with van der Waals surface area (Å²) in [5.41, 5.74) is 1.57. The zero-order valence-corrected chi connectivity index (χ0v) is 13.5. The zero-order valence-electron chi connectivity index (χ0n) is 12.6. The minimum absolute atomic E-state index is 0.451. The molecule has 3 aromatic rings. The van der Waals surface area contributed by atoms with Gasteiger partial charge in [0.2, 0.25) is 10.0 Å². The van der Waals surface area contributed by atoms with Crippen LogP contribution in [-0.4, -0.2) is 8.42 Å². The van der Waals surface area contributed by atoms with Crippen LogP contribution in [0.25, 0.3) is 17.0 Å². The average Bonchev–Trinajstić information content (AvgIpc) is 2.98. The summed E-state index contributed by atoms with van der Waals surface area (Å²) in [4.78, 5) is 0. The number of rotatable bonds is 5. The molecular weight excluding hydrogens is 310 g/mol. The Labute approximate surface area is 135 Å². The maximum Gasteiger partial charge on any atom is 0.234 e. The van der Waals surface area contributed by atoms with Crippen LogP contribution in [0.5, 0.6) is 0 Å². The molecule has 3 rings (SSSR count). The lowest BCUT2D eigenvalue weighted by atomic mass is 10.2. The molecule has 0 fully saturated rings. The predicted octanol–water partition coefficient (Wildman–Crippen LogP) is 4.08. The van der Waals surface area contributed by atoms with E-state index in [1.54, 1.807) is 13.0 Å². The summed E-state index contributed by atoms with van der Waals surface area (Å²) in [7, 11) is -3.56. The van der Waals surface area contributed by atoms with Crippen LogP contribution in [0.4, 0.5) is 0 Å². The van der Waals surface area contributed by atoms with Crippen molar-refractivity contribution in [1.29, 1.82) is 0 Å². The summed E-state index contributed by atoms with van der Waals surface area (Å²) in [5.74, 6) is 0.586. The maximum absolute atomic E-state index is 12.2. The van der Waals surface area contributed by atoms with E-state index in [0.717, 1.165) is 16.5 Å². The molecule has 0 saturated heterocycles. The zero-order chi connectivity index (χ0) is 16.3. The summed E-state index contributed by atoms with van der Waals surface area (Å²) in [5, 5.41) is 2.12. The summed E-state index contributed by atoms with van der Waals surface area (Å²) < 4.78 is 32.6.